The normalized spacial score (nSPS) is 18.9. The fourth-order valence-electron chi connectivity index (χ4n) is 6.75. The Bertz CT molecular complexity index is 2300. The standard InChI is InChI=1S/C40H46N2O8S4/c1-5-49-33-12-14-37-35(25-33)41(18-16-27(3)53(43,44)45)39(51-37)23-29-20-30(22-32(21-29)31-10-8-7-9-11-31)24-40-42(19-17-28(4)54(46,47)48)36-26-34(50-6-2)13-15-38(36)52-40/h7-15,20,23-28,32H,5-6,16-19,21-22H2,1-4H3,(H-,43,44,45,46,47,48)/p+1. The number of hydrogen-bond acceptors (Lipinski definition) is 9. The maximum absolute atomic E-state index is 12.0. The van der Waals surface area contributed by atoms with Gasteiger partial charge in [-0.05, 0) is 99.9 Å². The lowest BCUT2D eigenvalue weighted by Crippen LogP contribution is -2.37. The minimum Gasteiger partial charge on any atom is -0.494 e. The van der Waals surface area contributed by atoms with Crippen molar-refractivity contribution < 1.29 is 40.0 Å². The quantitative estimate of drug-likeness (QED) is 0.0888. The van der Waals surface area contributed by atoms with Crippen LogP contribution in [0.15, 0.2) is 100.0 Å². The monoisotopic (exact) mass is 811 g/mol. The maximum Gasteiger partial charge on any atom is 0.267 e. The summed E-state index contributed by atoms with van der Waals surface area (Å²) in [5.74, 6) is 1.65. The van der Waals surface area contributed by atoms with Crippen LogP contribution in [-0.2, 0) is 26.8 Å². The largest absolute Gasteiger partial charge is 0.494 e. The summed E-state index contributed by atoms with van der Waals surface area (Å²) in [7, 11) is -8.38. The van der Waals surface area contributed by atoms with Gasteiger partial charge >= 0.3 is 0 Å². The summed E-state index contributed by atoms with van der Waals surface area (Å²) in [6.45, 7) is 8.71. The Kier molecular flexibility index (Phi) is 12.6. The van der Waals surface area contributed by atoms with Crippen molar-refractivity contribution in [2.45, 2.75) is 81.2 Å². The molecule has 2 aliphatic rings. The van der Waals surface area contributed by atoms with Crippen LogP contribution >= 0.6 is 23.1 Å². The van der Waals surface area contributed by atoms with Gasteiger partial charge in [-0.3, -0.25) is 9.11 Å². The van der Waals surface area contributed by atoms with E-state index in [4.69, 9.17) is 9.47 Å². The van der Waals surface area contributed by atoms with E-state index in [0.717, 1.165) is 66.3 Å². The molecule has 0 radical (unpaired) electrons. The number of fused-ring (bicyclic) bond motifs is 2. The molecule has 0 spiro atoms. The van der Waals surface area contributed by atoms with Crippen molar-refractivity contribution >= 4 is 65.3 Å². The van der Waals surface area contributed by atoms with Crippen molar-refractivity contribution in [2.75, 3.05) is 24.7 Å². The van der Waals surface area contributed by atoms with Gasteiger partial charge in [-0.2, -0.15) is 21.4 Å². The molecule has 2 N–H and O–H groups in total. The highest BCUT2D eigenvalue weighted by Crippen LogP contribution is 2.49. The van der Waals surface area contributed by atoms with Crippen molar-refractivity contribution in [2.24, 2.45) is 0 Å². The van der Waals surface area contributed by atoms with E-state index < -0.39 is 30.7 Å². The van der Waals surface area contributed by atoms with Crippen LogP contribution in [0.4, 0.5) is 5.69 Å². The average Bonchev–Trinajstić information content (AvgIpc) is 3.64. The average molecular weight is 812 g/mol. The first-order valence-corrected chi connectivity index (χ1v) is 22.8. The first-order chi connectivity index (χ1) is 25.7. The van der Waals surface area contributed by atoms with Crippen molar-refractivity contribution in [3.63, 3.8) is 0 Å². The van der Waals surface area contributed by atoms with Gasteiger partial charge in [-0.25, -0.2) is 0 Å². The van der Waals surface area contributed by atoms with Gasteiger partial charge in [0.05, 0.1) is 40.5 Å². The molecule has 54 heavy (non-hydrogen) atoms. The van der Waals surface area contributed by atoms with Crippen molar-refractivity contribution in [3.8, 4) is 11.5 Å². The lowest BCUT2D eigenvalue weighted by molar-refractivity contribution is -0.669. The minimum atomic E-state index is -4.19. The number of benzene rings is 3. The molecule has 0 saturated heterocycles. The van der Waals surface area contributed by atoms with E-state index in [1.165, 1.54) is 19.4 Å². The third-order valence-electron chi connectivity index (χ3n) is 9.78. The highest BCUT2D eigenvalue weighted by atomic mass is 32.2. The molecular weight excluding hydrogens is 765 g/mol. The van der Waals surface area contributed by atoms with Crippen molar-refractivity contribution in [1.82, 2.24) is 0 Å². The molecule has 0 amide bonds. The summed E-state index contributed by atoms with van der Waals surface area (Å²) in [5, 5.41) is 0.0684. The highest BCUT2D eigenvalue weighted by molar-refractivity contribution is 8.03. The van der Waals surface area contributed by atoms with Gasteiger partial charge in [0.2, 0.25) is 5.52 Å². The summed E-state index contributed by atoms with van der Waals surface area (Å²) < 4.78 is 82.1. The molecule has 3 aromatic carbocycles. The van der Waals surface area contributed by atoms with Crippen LogP contribution in [-0.4, -0.2) is 56.2 Å². The van der Waals surface area contributed by atoms with Gasteiger partial charge in [0.25, 0.3) is 25.2 Å². The Morgan fingerprint density at radius 1 is 0.870 bits per heavy atom. The smallest absolute Gasteiger partial charge is 0.267 e. The van der Waals surface area contributed by atoms with Gasteiger partial charge < -0.3 is 14.4 Å². The van der Waals surface area contributed by atoms with Gasteiger partial charge in [0, 0.05) is 30.0 Å². The Hall–Kier alpha value is -3.66. The molecule has 0 fully saturated rings. The van der Waals surface area contributed by atoms with Crippen LogP contribution in [0.5, 0.6) is 11.5 Å². The highest BCUT2D eigenvalue weighted by Gasteiger charge is 2.30. The Labute approximate surface area is 326 Å². The molecule has 1 aliphatic carbocycles. The number of thioether (sulfide) groups is 1. The van der Waals surface area contributed by atoms with E-state index in [-0.39, 0.29) is 18.8 Å². The predicted octanol–water partition coefficient (Wildman–Crippen LogP) is 8.66. The summed E-state index contributed by atoms with van der Waals surface area (Å²) in [6.07, 6.45) is 8.65. The van der Waals surface area contributed by atoms with E-state index in [1.807, 2.05) is 56.3 Å². The van der Waals surface area contributed by atoms with E-state index in [2.05, 4.69) is 52.0 Å². The van der Waals surface area contributed by atoms with Gasteiger partial charge in [0.15, 0.2) is 6.54 Å². The molecule has 0 bridgehead atoms. The second-order valence-corrected chi connectivity index (χ2v) is 19.4. The lowest BCUT2D eigenvalue weighted by atomic mass is 9.81. The van der Waals surface area contributed by atoms with E-state index in [9.17, 15) is 25.9 Å². The number of aromatic nitrogens is 1. The van der Waals surface area contributed by atoms with Gasteiger partial charge in [-0.15, -0.1) is 0 Å². The number of nitrogens with zero attached hydrogens (tertiary/aromatic N) is 2. The number of rotatable bonds is 15. The molecule has 3 atom stereocenters. The van der Waals surface area contributed by atoms with E-state index in [0.29, 0.717) is 26.3 Å². The Morgan fingerprint density at radius 3 is 2.22 bits per heavy atom. The fraction of sp³-hybridized carbons (Fsp3) is 0.375. The van der Waals surface area contributed by atoms with Crippen LogP contribution in [0.1, 0.15) is 69.9 Å². The van der Waals surface area contributed by atoms with Gasteiger partial charge in [-0.1, -0.05) is 59.5 Å². The van der Waals surface area contributed by atoms with Crippen LogP contribution in [0.3, 0.4) is 0 Å². The molecule has 2 heterocycles. The molecule has 3 unspecified atom stereocenters. The third-order valence-corrected chi connectivity index (χ3v) is 14.5. The maximum atomic E-state index is 12.0. The van der Waals surface area contributed by atoms with Crippen LogP contribution in [0.2, 0.25) is 0 Å². The number of allylic oxidation sites excluding steroid dienone is 4. The molecule has 288 valence electrons. The third kappa shape index (κ3) is 9.58. The summed E-state index contributed by atoms with van der Waals surface area (Å²) in [5.41, 5.74) is 5.32. The van der Waals surface area contributed by atoms with Crippen molar-refractivity contribution in [3.05, 3.63) is 106 Å². The van der Waals surface area contributed by atoms with E-state index >= 15 is 0 Å². The zero-order valence-electron chi connectivity index (χ0n) is 30.8. The number of hydrogen-bond donors (Lipinski definition) is 2. The summed E-state index contributed by atoms with van der Waals surface area (Å²) >= 11 is 3.25. The number of thiazole rings is 1. The van der Waals surface area contributed by atoms with Crippen LogP contribution in [0, 0.1) is 0 Å². The Balaban J connectivity index is 1.43. The predicted molar refractivity (Wildman–Crippen MR) is 218 cm³/mol. The van der Waals surface area contributed by atoms with Crippen LogP contribution < -0.4 is 18.9 Å². The first kappa shape index (κ1) is 40.0. The second-order valence-electron chi connectivity index (χ2n) is 13.6. The molecule has 14 heteroatoms. The zero-order valence-corrected chi connectivity index (χ0v) is 34.1. The molecule has 6 rings (SSSR count). The van der Waals surface area contributed by atoms with Crippen LogP contribution in [0.25, 0.3) is 16.3 Å². The molecule has 4 aromatic rings. The van der Waals surface area contributed by atoms with Gasteiger partial charge in [0.1, 0.15) is 16.2 Å². The molecule has 0 saturated carbocycles. The topological polar surface area (TPSA) is 134 Å². The zero-order chi connectivity index (χ0) is 38.6. The number of aryl methyl sites for hydroxylation is 1. The molecule has 10 nitrogen and oxygen atoms in total. The minimum absolute atomic E-state index is 0.188. The SMILES string of the molecule is CCOc1ccc2c(c1)N(CCC(C)S(=O)(=O)O)C(=CC1=CC(=Cc3sc4ccc(OCC)cc4[n+]3CCC(C)S(=O)(=O)O)CC(c3ccccc3)C1)S2. The Morgan fingerprint density at radius 2 is 1.54 bits per heavy atom. The molecule has 1 aliphatic heterocycles. The first-order valence-electron chi connectivity index (χ1n) is 18.1. The molecular formula is C40H47N2O8S4+. The lowest BCUT2D eigenvalue weighted by Gasteiger charge is -2.26. The summed E-state index contributed by atoms with van der Waals surface area (Å²) in [6, 6.07) is 22.3. The second kappa shape index (κ2) is 17.0. The summed E-state index contributed by atoms with van der Waals surface area (Å²) in [4.78, 5) is 3.15. The molecule has 1 aromatic heterocycles. The number of anilines is 1. The van der Waals surface area contributed by atoms with E-state index in [1.54, 1.807) is 23.1 Å². The number of ether oxygens (including phenoxy) is 2. The van der Waals surface area contributed by atoms with Crippen molar-refractivity contribution in [1.29, 1.82) is 0 Å². The fourth-order valence-corrected chi connectivity index (χ4v) is 9.84.